The number of hydrogen-bond donors (Lipinski definition) is 1. The van der Waals surface area contributed by atoms with Crippen molar-refractivity contribution >= 4 is 23.1 Å². The van der Waals surface area contributed by atoms with Crippen LogP contribution < -0.4 is 5.73 Å². The Hall–Kier alpha value is -2.01. The molecule has 0 aliphatic rings. The molecule has 92 valence electrons. The Balaban J connectivity index is 2.44. The van der Waals surface area contributed by atoms with Crippen LogP contribution in [0.1, 0.15) is 5.56 Å². The van der Waals surface area contributed by atoms with Gasteiger partial charge in [0.15, 0.2) is 0 Å². The second-order valence-electron chi connectivity index (χ2n) is 3.82. The van der Waals surface area contributed by atoms with Gasteiger partial charge in [-0.1, -0.05) is 36.0 Å². The van der Waals surface area contributed by atoms with E-state index in [-0.39, 0.29) is 11.4 Å². The van der Waals surface area contributed by atoms with Crippen LogP contribution in [0, 0.1) is 17.0 Å². The number of nitrogens with two attached hydrogens (primary N) is 1. The van der Waals surface area contributed by atoms with Gasteiger partial charge in [-0.2, -0.15) is 0 Å². The predicted molar refractivity (Wildman–Crippen MR) is 72.8 cm³/mol. The fraction of sp³-hybridized carbons (Fsp3) is 0.0769. The molecule has 0 aromatic heterocycles. The van der Waals surface area contributed by atoms with Crippen LogP contribution in [0.15, 0.2) is 52.3 Å². The molecule has 0 spiro atoms. The molecule has 5 heteroatoms. The van der Waals surface area contributed by atoms with Crippen LogP contribution in [0.5, 0.6) is 0 Å². The topological polar surface area (TPSA) is 69.2 Å². The van der Waals surface area contributed by atoms with E-state index in [0.717, 1.165) is 10.5 Å². The summed E-state index contributed by atoms with van der Waals surface area (Å²) < 4.78 is 0. The minimum atomic E-state index is -0.435. The number of nitro groups is 1. The van der Waals surface area contributed by atoms with Gasteiger partial charge in [-0.25, -0.2) is 0 Å². The van der Waals surface area contributed by atoms with Gasteiger partial charge in [0.25, 0.3) is 0 Å². The van der Waals surface area contributed by atoms with E-state index < -0.39 is 4.92 Å². The maximum absolute atomic E-state index is 11.0. The first-order valence-corrected chi connectivity index (χ1v) is 6.17. The number of benzene rings is 2. The molecule has 0 saturated carbocycles. The van der Waals surface area contributed by atoms with E-state index >= 15 is 0 Å². The summed E-state index contributed by atoms with van der Waals surface area (Å²) in [5, 5.41) is 11.0. The van der Waals surface area contributed by atoms with Crippen molar-refractivity contribution in [2.24, 2.45) is 0 Å². The first kappa shape index (κ1) is 12.4. The van der Waals surface area contributed by atoms with Gasteiger partial charge in [-0.05, 0) is 30.7 Å². The molecule has 2 aromatic carbocycles. The van der Waals surface area contributed by atoms with Crippen LogP contribution in [-0.2, 0) is 0 Å². The molecule has 0 aliphatic heterocycles. The number of rotatable bonds is 3. The number of para-hydroxylation sites is 1. The molecule has 0 fully saturated rings. The van der Waals surface area contributed by atoms with E-state index in [1.54, 1.807) is 18.2 Å². The smallest absolute Gasteiger partial charge is 0.305 e. The van der Waals surface area contributed by atoms with Gasteiger partial charge >= 0.3 is 5.69 Å². The minimum absolute atomic E-state index is 0.0225. The summed E-state index contributed by atoms with van der Waals surface area (Å²) in [6, 6.07) is 12.7. The highest BCUT2D eigenvalue weighted by molar-refractivity contribution is 7.99. The lowest BCUT2D eigenvalue weighted by Gasteiger charge is -2.07. The Morgan fingerprint density at radius 1 is 1.11 bits per heavy atom. The van der Waals surface area contributed by atoms with Crippen molar-refractivity contribution in [1.82, 2.24) is 0 Å². The molecule has 0 radical (unpaired) electrons. The molecule has 0 heterocycles. The van der Waals surface area contributed by atoms with Crippen LogP contribution >= 0.6 is 11.8 Å². The lowest BCUT2D eigenvalue weighted by atomic mass is 10.2. The van der Waals surface area contributed by atoms with E-state index in [2.05, 4.69) is 0 Å². The molecular formula is C13H12N2O2S. The SMILES string of the molecule is Cc1ccccc1Sc1cccc(N)c1[N+](=O)[O-]. The molecule has 2 aromatic rings. The average molecular weight is 260 g/mol. The fourth-order valence-corrected chi connectivity index (χ4v) is 2.65. The molecular weight excluding hydrogens is 248 g/mol. The normalized spacial score (nSPS) is 10.3. The molecule has 4 nitrogen and oxygen atoms in total. The van der Waals surface area contributed by atoms with Crippen LogP contribution in [-0.4, -0.2) is 4.92 Å². The van der Waals surface area contributed by atoms with E-state index in [4.69, 9.17) is 5.73 Å². The summed E-state index contributed by atoms with van der Waals surface area (Å²) in [6.45, 7) is 1.97. The summed E-state index contributed by atoms with van der Waals surface area (Å²) in [4.78, 5) is 12.2. The summed E-state index contributed by atoms with van der Waals surface area (Å²) in [5.74, 6) is 0. The first-order chi connectivity index (χ1) is 8.59. The number of nitrogen functional groups attached to an aromatic ring is 1. The number of nitro benzene ring substituents is 1. The molecule has 2 rings (SSSR count). The third-order valence-corrected chi connectivity index (χ3v) is 3.75. The second kappa shape index (κ2) is 5.10. The maximum Gasteiger partial charge on any atom is 0.305 e. The van der Waals surface area contributed by atoms with Gasteiger partial charge in [0, 0.05) is 4.90 Å². The highest BCUT2D eigenvalue weighted by Gasteiger charge is 2.18. The van der Waals surface area contributed by atoms with Crippen molar-refractivity contribution in [3.05, 3.63) is 58.1 Å². The number of nitrogens with zero attached hydrogens (tertiary/aromatic N) is 1. The highest BCUT2D eigenvalue weighted by atomic mass is 32.2. The average Bonchev–Trinajstić information content (AvgIpc) is 2.31. The molecule has 0 aliphatic carbocycles. The van der Waals surface area contributed by atoms with E-state index in [1.807, 2.05) is 31.2 Å². The predicted octanol–water partition coefficient (Wildman–Crippen LogP) is 3.64. The molecule has 0 unspecified atom stereocenters. The zero-order valence-electron chi connectivity index (χ0n) is 9.79. The minimum Gasteiger partial charge on any atom is -0.393 e. The zero-order chi connectivity index (χ0) is 13.1. The fourth-order valence-electron chi connectivity index (χ4n) is 1.61. The Kier molecular flexibility index (Phi) is 3.53. The Morgan fingerprint density at radius 3 is 2.44 bits per heavy atom. The van der Waals surface area contributed by atoms with Crippen molar-refractivity contribution in [1.29, 1.82) is 0 Å². The number of aryl methyl sites for hydroxylation is 1. The third-order valence-electron chi connectivity index (χ3n) is 2.53. The Morgan fingerprint density at radius 2 is 1.78 bits per heavy atom. The monoisotopic (exact) mass is 260 g/mol. The zero-order valence-corrected chi connectivity index (χ0v) is 10.6. The van der Waals surface area contributed by atoms with Crippen LogP contribution in [0.2, 0.25) is 0 Å². The third kappa shape index (κ3) is 2.46. The van der Waals surface area contributed by atoms with Gasteiger partial charge in [0.05, 0.1) is 9.82 Å². The van der Waals surface area contributed by atoms with Crippen molar-refractivity contribution < 1.29 is 4.92 Å². The first-order valence-electron chi connectivity index (χ1n) is 5.36. The van der Waals surface area contributed by atoms with E-state index in [0.29, 0.717) is 4.90 Å². The number of hydrogen-bond acceptors (Lipinski definition) is 4. The van der Waals surface area contributed by atoms with Crippen LogP contribution in [0.25, 0.3) is 0 Å². The molecule has 0 amide bonds. The van der Waals surface area contributed by atoms with E-state index in [9.17, 15) is 10.1 Å². The van der Waals surface area contributed by atoms with Crippen LogP contribution in [0.4, 0.5) is 11.4 Å². The summed E-state index contributed by atoms with van der Waals surface area (Å²) in [5.41, 5.74) is 6.91. The van der Waals surface area contributed by atoms with Crippen molar-refractivity contribution in [2.75, 3.05) is 5.73 Å². The number of anilines is 1. The summed E-state index contributed by atoms with van der Waals surface area (Å²) in [7, 11) is 0. The standard InChI is InChI=1S/C13H12N2O2S/c1-9-5-2-3-7-11(9)18-12-8-4-6-10(14)13(12)15(16)17/h2-8H,14H2,1H3. The summed E-state index contributed by atoms with van der Waals surface area (Å²) >= 11 is 1.36. The lowest BCUT2D eigenvalue weighted by molar-refractivity contribution is -0.386. The van der Waals surface area contributed by atoms with Gasteiger partial charge in [-0.15, -0.1) is 0 Å². The quantitative estimate of drug-likeness (QED) is 0.519. The second-order valence-corrected chi connectivity index (χ2v) is 4.90. The molecule has 0 atom stereocenters. The summed E-state index contributed by atoms with van der Waals surface area (Å²) in [6.07, 6.45) is 0. The molecule has 0 bridgehead atoms. The molecule has 18 heavy (non-hydrogen) atoms. The van der Waals surface area contributed by atoms with Crippen molar-refractivity contribution in [3.8, 4) is 0 Å². The van der Waals surface area contributed by atoms with Crippen molar-refractivity contribution in [2.45, 2.75) is 16.7 Å². The van der Waals surface area contributed by atoms with Gasteiger partial charge in [0.2, 0.25) is 0 Å². The largest absolute Gasteiger partial charge is 0.393 e. The maximum atomic E-state index is 11.0. The van der Waals surface area contributed by atoms with E-state index in [1.165, 1.54) is 11.8 Å². The Labute approximate surface area is 109 Å². The lowest BCUT2D eigenvalue weighted by Crippen LogP contribution is -1.97. The van der Waals surface area contributed by atoms with Gasteiger partial charge in [0.1, 0.15) is 5.69 Å². The molecule has 0 saturated heterocycles. The Bertz CT molecular complexity index is 599. The highest BCUT2D eigenvalue weighted by Crippen LogP contribution is 2.38. The van der Waals surface area contributed by atoms with Crippen LogP contribution in [0.3, 0.4) is 0 Å². The molecule has 2 N–H and O–H groups in total. The van der Waals surface area contributed by atoms with Crippen molar-refractivity contribution in [3.63, 3.8) is 0 Å². The van der Waals surface area contributed by atoms with Gasteiger partial charge < -0.3 is 5.73 Å². The van der Waals surface area contributed by atoms with Gasteiger partial charge in [-0.3, -0.25) is 10.1 Å².